The summed E-state index contributed by atoms with van der Waals surface area (Å²) in [5.74, 6) is 0.443. The lowest BCUT2D eigenvalue weighted by atomic mass is 10.1. The summed E-state index contributed by atoms with van der Waals surface area (Å²) in [5.41, 5.74) is 1.53. The van der Waals surface area contributed by atoms with E-state index in [1.165, 1.54) is 4.68 Å². The van der Waals surface area contributed by atoms with Gasteiger partial charge in [0.15, 0.2) is 0 Å². The summed E-state index contributed by atoms with van der Waals surface area (Å²) in [6.45, 7) is 9.60. The van der Waals surface area contributed by atoms with Gasteiger partial charge in [-0.1, -0.05) is 13.8 Å². The molecular formula is C21H31N5O2S. The molecule has 0 unspecified atom stereocenters. The molecule has 3 heterocycles. The number of hydrogen-bond acceptors (Lipinski definition) is 6. The fourth-order valence-electron chi connectivity index (χ4n) is 3.49. The highest BCUT2D eigenvalue weighted by Crippen LogP contribution is 2.23. The van der Waals surface area contributed by atoms with Crippen molar-refractivity contribution in [2.45, 2.75) is 65.0 Å². The standard InChI is InChI=1S/C21H31N5O2S/c1-14(2)21-23-16(13-29-21)9-19(27)25-8-6-7-17(12-25)26-20(28)10-18(11-22-26)24(5)15(3)4/h10-11,13-15,17H,6-9,12H2,1-5H3/t17-/m1/s1. The minimum absolute atomic E-state index is 0.0690. The molecule has 29 heavy (non-hydrogen) atoms. The van der Waals surface area contributed by atoms with Crippen LogP contribution in [0.4, 0.5) is 5.69 Å². The smallest absolute Gasteiger partial charge is 0.269 e. The van der Waals surface area contributed by atoms with E-state index in [1.807, 2.05) is 22.2 Å². The molecule has 158 valence electrons. The van der Waals surface area contributed by atoms with E-state index < -0.39 is 0 Å². The van der Waals surface area contributed by atoms with E-state index >= 15 is 0 Å². The van der Waals surface area contributed by atoms with Crippen LogP contribution in [0.1, 0.15) is 63.2 Å². The molecule has 1 amide bonds. The zero-order valence-electron chi connectivity index (χ0n) is 18.0. The zero-order chi connectivity index (χ0) is 21.1. The number of rotatable bonds is 6. The van der Waals surface area contributed by atoms with Crippen LogP contribution in [0, 0.1) is 0 Å². The first-order valence-electron chi connectivity index (χ1n) is 10.3. The van der Waals surface area contributed by atoms with Gasteiger partial charge in [-0.05, 0) is 26.7 Å². The Morgan fingerprint density at radius 1 is 1.34 bits per heavy atom. The van der Waals surface area contributed by atoms with Crippen molar-refractivity contribution in [3.63, 3.8) is 0 Å². The highest BCUT2D eigenvalue weighted by molar-refractivity contribution is 7.09. The fourth-order valence-corrected chi connectivity index (χ4v) is 4.33. The second-order valence-electron chi connectivity index (χ2n) is 8.35. The molecule has 0 bridgehead atoms. The van der Waals surface area contributed by atoms with E-state index in [9.17, 15) is 9.59 Å². The van der Waals surface area contributed by atoms with E-state index in [2.05, 4.69) is 37.8 Å². The Hall–Kier alpha value is -2.22. The molecule has 0 N–H and O–H groups in total. The summed E-state index contributed by atoms with van der Waals surface area (Å²) in [5, 5.41) is 7.46. The number of thiazole rings is 1. The van der Waals surface area contributed by atoms with Crippen molar-refractivity contribution < 1.29 is 4.79 Å². The van der Waals surface area contributed by atoms with Gasteiger partial charge in [-0.15, -0.1) is 11.3 Å². The SMILES string of the molecule is CC(C)c1nc(CC(=O)N2CCC[C@@H](n3ncc(N(C)C(C)C)cc3=O)C2)cs1. The van der Waals surface area contributed by atoms with E-state index in [-0.39, 0.29) is 23.6 Å². The largest absolute Gasteiger partial charge is 0.371 e. The number of anilines is 1. The van der Waals surface area contributed by atoms with E-state index in [4.69, 9.17) is 0 Å². The molecule has 1 aliphatic rings. The molecular weight excluding hydrogens is 386 g/mol. The van der Waals surface area contributed by atoms with Gasteiger partial charge in [-0.25, -0.2) is 9.67 Å². The topological polar surface area (TPSA) is 71.3 Å². The quantitative estimate of drug-likeness (QED) is 0.722. The fraction of sp³-hybridized carbons (Fsp3) is 0.619. The van der Waals surface area contributed by atoms with Crippen LogP contribution >= 0.6 is 11.3 Å². The molecule has 1 atom stereocenters. The van der Waals surface area contributed by atoms with Crippen molar-refractivity contribution in [2.75, 3.05) is 25.0 Å². The van der Waals surface area contributed by atoms with Gasteiger partial charge in [0.1, 0.15) is 0 Å². The maximum absolute atomic E-state index is 12.8. The summed E-state index contributed by atoms with van der Waals surface area (Å²) >= 11 is 1.61. The number of carbonyl (C=O) groups is 1. The molecule has 0 saturated carbocycles. The monoisotopic (exact) mass is 417 g/mol. The third-order valence-corrected chi connectivity index (χ3v) is 6.68. The van der Waals surface area contributed by atoms with Crippen molar-refractivity contribution in [1.29, 1.82) is 0 Å². The average molecular weight is 418 g/mol. The number of amides is 1. The zero-order valence-corrected chi connectivity index (χ0v) is 18.8. The van der Waals surface area contributed by atoms with Crippen LogP contribution in [-0.4, -0.2) is 51.8 Å². The molecule has 0 aliphatic carbocycles. The van der Waals surface area contributed by atoms with Crippen LogP contribution in [0.3, 0.4) is 0 Å². The van der Waals surface area contributed by atoms with Crippen molar-refractivity contribution in [2.24, 2.45) is 0 Å². The Morgan fingerprint density at radius 3 is 2.72 bits per heavy atom. The van der Waals surface area contributed by atoms with Gasteiger partial charge < -0.3 is 9.80 Å². The first-order valence-corrected chi connectivity index (χ1v) is 11.2. The molecule has 1 saturated heterocycles. The molecule has 1 aliphatic heterocycles. The Morgan fingerprint density at radius 2 is 2.10 bits per heavy atom. The number of likely N-dealkylation sites (tertiary alicyclic amines) is 1. The van der Waals surface area contributed by atoms with Crippen LogP contribution in [0.25, 0.3) is 0 Å². The lowest BCUT2D eigenvalue weighted by molar-refractivity contribution is -0.132. The van der Waals surface area contributed by atoms with Gasteiger partial charge in [-0.3, -0.25) is 9.59 Å². The third-order valence-electron chi connectivity index (χ3n) is 5.48. The average Bonchev–Trinajstić information content (AvgIpc) is 3.16. The van der Waals surface area contributed by atoms with Gasteiger partial charge in [0.2, 0.25) is 5.91 Å². The van der Waals surface area contributed by atoms with Crippen LogP contribution in [0.2, 0.25) is 0 Å². The first-order chi connectivity index (χ1) is 13.8. The molecule has 0 radical (unpaired) electrons. The molecule has 1 fully saturated rings. The number of aromatic nitrogens is 3. The number of carbonyl (C=O) groups excluding carboxylic acids is 1. The van der Waals surface area contributed by atoms with Crippen molar-refractivity contribution in [1.82, 2.24) is 19.7 Å². The molecule has 0 spiro atoms. The van der Waals surface area contributed by atoms with Crippen molar-refractivity contribution in [3.05, 3.63) is 38.7 Å². The van der Waals surface area contributed by atoms with Crippen LogP contribution in [-0.2, 0) is 11.2 Å². The van der Waals surface area contributed by atoms with Crippen molar-refractivity contribution in [3.8, 4) is 0 Å². The Bertz CT molecular complexity index is 904. The van der Waals surface area contributed by atoms with E-state index in [1.54, 1.807) is 23.6 Å². The van der Waals surface area contributed by atoms with Gasteiger partial charge in [0.05, 0.1) is 35.0 Å². The van der Waals surface area contributed by atoms with Gasteiger partial charge in [-0.2, -0.15) is 5.10 Å². The predicted molar refractivity (Wildman–Crippen MR) is 117 cm³/mol. The Kier molecular flexibility index (Phi) is 6.72. The maximum atomic E-state index is 12.8. The van der Waals surface area contributed by atoms with Gasteiger partial charge in [0, 0.05) is 43.5 Å². The summed E-state index contributed by atoms with van der Waals surface area (Å²) in [4.78, 5) is 33.9. The maximum Gasteiger partial charge on any atom is 0.269 e. The molecule has 3 rings (SSSR count). The van der Waals surface area contributed by atoms with Crippen molar-refractivity contribution >= 4 is 22.9 Å². The van der Waals surface area contributed by atoms with E-state index in [0.717, 1.165) is 35.8 Å². The second-order valence-corrected chi connectivity index (χ2v) is 9.24. The number of hydrogen-bond donors (Lipinski definition) is 0. The third kappa shape index (κ3) is 5.04. The summed E-state index contributed by atoms with van der Waals surface area (Å²) < 4.78 is 1.54. The first kappa shape index (κ1) is 21.5. The van der Waals surface area contributed by atoms with Gasteiger partial charge >= 0.3 is 0 Å². The Labute approximate surface area is 176 Å². The van der Waals surface area contributed by atoms with Gasteiger partial charge in [0.25, 0.3) is 5.56 Å². The van der Waals surface area contributed by atoms with Crippen LogP contribution in [0.5, 0.6) is 0 Å². The second kappa shape index (κ2) is 9.07. The molecule has 7 nitrogen and oxygen atoms in total. The minimum Gasteiger partial charge on any atom is -0.371 e. The number of piperidine rings is 1. The predicted octanol–water partition coefficient (Wildman–Crippen LogP) is 3.07. The lowest BCUT2D eigenvalue weighted by Crippen LogP contribution is -2.44. The highest BCUT2D eigenvalue weighted by Gasteiger charge is 2.26. The summed E-state index contributed by atoms with van der Waals surface area (Å²) in [6, 6.07) is 1.84. The Balaban J connectivity index is 1.68. The lowest BCUT2D eigenvalue weighted by Gasteiger charge is -2.33. The normalized spacial score (nSPS) is 17.2. The van der Waals surface area contributed by atoms with Crippen LogP contribution < -0.4 is 10.5 Å². The molecule has 2 aromatic heterocycles. The number of nitrogens with zero attached hydrogens (tertiary/aromatic N) is 5. The highest BCUT2D eigenvalue weighted by atomic mass is 32.1. The van der Waals surface area contributed by atoms with E-state index in [0.29, 0.717) is 18.9 Å². The summed E-state index contributed by atoms with van der Waals surface area (Å²) in [7, 11) is 1.95. The minimum atomic E-state index is -0.115. The molecule has 2 aromatic rings. The molecule has 8 heteroatoms. The van der Waals surface area contributed by atoms with Crippen LogP contribution in [0.15, 0.2) is 22.4 Å². The summed E-state index contributed by atoms with van der Waals surface area (Å²) in [6.07, 6.45) is 3.78. The molecule has 0 aromatic carbocycles.